The molecule has 1 atom stereocenters. The fourth-order valence-electron chi connectivity index (χ4n) is 1.64. The first-order valence-corrected chi connectivity index (χ1v) is 5.15. The van der Waals surface area contributed by atoms with E-state index in [1.54, 1.807) is 44.7 Å². The van der Waals surface area contributed by atoms with Crippen LogP contribution < -0.4 is 9.47 Å². The van der Waals surface area contributed by atoms with E-state index in [4.69, 9.17) is 9.47 Å². The molecule has 0 spiro atoms. The number of hydrogen-bond acceptors (Lipinski definition) is 4. The predicted octanol–water partition coefficient (Wildman–Crippen LogP) is 1.51. The van der Waals surface area contributed by atoms with Gasteiger partial charge >= 0.3 is 0 Å². The maximum Gasteiger partial charge on any atom is 0.125 e. The number of benzene rings is 1. The summed E-state index contributed by atoms with van der Waals surface area (Å²) in [6, 6.07) is 6.99. The number of aliphatic hydroxyl groups excluding tert-OH is 1. The second kappa shape index (κ2) is 4.88. The quantitative estimate of drug-likeness (QED) is 0.841. The van der Waals surface area contributed by atoms with Gasteiger partial charge in [0.15, 0.2) is 0 Å². The number of aromatic nitrogens is 2. The SMILES string of the molecule is COc1ccc(OC)c(C(O)c2ccn[nH]2)c1. The maximum absolute atomic E-state index is 10.2. The molecule has 5 heteroatoms. The fourth-order valence-corrected chi connectivity index (χ4v) is 1.64. The zero-order valence-corrected chi connectivity index (χ0v) is 9.68. The number of rotatable bonds is 4. The lowest BCUT2D eigenvalue weighted by molar-refractivity contribution is 0.209. The van der Waals surface area contributed by atoms with Gasteiger partial charge in [0.25, 0.3) is 0 Å². The molecule has 2 N–H and O–H groups in total. The normalized spacial score (nSPS) is 12.2. The first kappa shape index (κ1) is 11.5. The Hall–Kier alpha value is -2.01. The van der Waals surface area contributed by atoms with Crippen LogP contribution in [0.15, 0.2) is 30.5 Å². The molecule has 2 aromatic rings. The monoisotopic (exact) mass is 234 g/mol. The zero-order chi connectivity index (χ0) is 12.3. The molecule has 5 nitrogen and oxygen atoms in total. The molecule has 0 saturated heterocycles. The van der Waals surface area contributed by atoms with Crippen LogP contribution in [0.3, 0.4) is 0 Å². The summed E-state index contributed by atoms with van der Waals surface area (Å²) in [7, 11) is 3.14. The first-order chi connectivity index (χ1) is 8.26. The van der Waals surface area contributed by atoms with Crippen molar-refractivity contribution in [1.29, 1.82) is 0 Å². The van der Waals surface area contributed by atoms with Crippen LogP contribution in [-0.4, -0.2) is 29.5 Å². The lowest BCUT2D eigenvalue weighted by Crippen LogP contribution is -2.03. The van der Waals surface area contributed by atoms with E-state index in [2.05, 4.69) is 10.2 Å². The average molecular weight is 234 g/mol. The summed E-state index contributed by atoms with van der Waals surface area (Å²) < 4.78 is 10.3. The first-order valence-electron chi connectivity index (χ1n) is 5.15. The minimum absolute atomic E-state index is 0.605. The number of methoxy groups -OCH3 is 2. The van der Waals surface area contributed by atoms with Gasteiger partial charge in [-0.2, -0.15) is 5.10 Å². The molecule has 0 amide bonds. The summed E-state index contributed by atoms with van der Waals surface area (Å²) >= 11 is 0. The summed E-state index contributed by atoms with van der Waals surface area (Å²) in [4.78, 5) is 0. The Morgan fingerprint density at radius 2 is 2.06 bits per heavy atom. The molecule has 0 radical (unpaired) electrons. The summed E-state index contributed by atoms with van der Waals surface area (Å²) in [6.07, 6.45) is 0.771. The van der Waals surface area contributed by atoms with Crippen LogP contribution in [0.4, 0.5) is 0 Å². The van der Waals surface area contributed by atoms with Crippen molar-refractivity contribution < 1.29 is 14.6 Å². The number of nitrogens with zero attached hydrogens (tertiary/aromatic N) is 1. The van der Waals surface area contributed by atoms with E-state index in [0.29, 0.717) is 22.8 Å². The van der Waals surface area contributed by atoms with Gasteiger partial charge in [0, 0.05) is 11.8 Å². The smallest absolute Gasteiger partial charge is 0.125 e. The van der Waals surface area contributed by atoms with Gasteiger partial charge in [0.05, 0.1) is 19.9 Å². The molecule has 0 saturated carbocycles. The Labute approximate surface area is 99.0 Å². The number of aromatic amines is 1. The van der Waals surface area contributed by atoms with E-state index in [1.165, 1.54) is 0 Å². The summed E-state index contributed by atoms with van der Waals surface area (Å²) in [5, 5.41) is 16.7. The van der Waals surface area contributed by atoms with Gasteiger partial charge < -0.3 is 14.6 Å². The number of nitrogens with one attached hydrogen (secondary N) is 1. The van der Waals surface area contributed by atoms with Gasteiger partial charge in [0.2, 0.25) is 0 Å². The van der Waals surface area contributed by atoms with Crippen LogP contribution in [0.25, 0.3) is 0 Å². The predicted molar refractivity (Wildman–Crippen MR) is 62.2 cm³/mol. The molecule has 0 bridgehead atoms. The van der Waals surface area contributed by atoms with Crippen molar-refractivity contribution in [2.24, 2.45) is 0 Å². The molecule has 0 aliphatic rings. The van der Waals surface area contributed by atoms with Crippen molar-refractivity contribution >= 4 is 0 Å². The maximum atomic E-state index is 10.2. The van der Waals surface area contributed by atoms with Crippen molar-refractivity contribution in [2.75, 3.05) is 14.2 Å². The van der Waals surface area contributed by atoms with Gasteiger partial charge in [-0.15, -0.1) is 0 Å². The molecule has 17 heavy (non-hydrogen) atoms. The van der Waals surface area contributed by atoms with Gasteiger partial charge in [-0.05, 0) is 24.3 Å². The molecular formula is C12H14N2O3. The number of aliphatic hydroxyl groups is 1. The van der Waals surface area contributed by atoms with Crippen LogP contribution in [-0.2, 0) is 0 Å². The van der Waals surface area contributed by atoms with Crippen molar-refractivity contribution in [3.05, 3.63) is 41.7 Å². The standard InChI is InChI=1S/C12H14N2O3/c1-16-8-3-4-11(17-2)9(7-8)12(15)10-5-6-13-14-10/h3-7,12,15H,1-2H3,(H,13,14). The number of H-pyrrole nitrogens is 1. The highest BCUT2D eigenvalue weighted by atomic mass is 16.5. The van der Waals surface area contributed by atoms with Crippen LogP contribution in [0, 0.1) is 0 Å². The van der Waals surface area contributed by atoms with E-state index in [-0.39, 0.29) is 0 Å². The van der Waals surface area contributed by atoms with E-state index in [0.717, 1.165) is 0 Å². The van der Waals surface area contributed by atoms with E-state index in [1.807, 2.05) is 0 Å². The Kier molecular flexibility index (Phi) is 3.30. The Morgan fingerprint density at radius 3 is 2.65 bits per heavy atom. The van der Waals surface area contributed by atoms with Crippen molar-refractivity contribution in [3.63, 3.8) is 0 Å². The molecule has 0 fully saturated rings. The van der Waals surface area contributed by atoms with E-state index >= 15 is 0 Å². The minimum Gasteiger partial charge on any atom is -0.497 e. The highest BCUT2D eigenvalue weighted by Crippen LogP contribution is 2.32. The topological polar surface area (TPSA) is 67.4 Å². The molecule has 0 aliphatic carbocycles. The van der Waals surface area contributed by atoms with Gasteiger partial charge in [-0.3, -0.25) is 5.10 Å². The average Bonchev–Trinajstić information content (AvgIpc) is 2.91. The molecule has 90 valence electrons. The molecule has 1 aromatic heterocycles. The third-order valence-electron chi connectivity index (χ3n) is 2.55. The second-order valence-electron chi connectivity index (χ2n) is 3.52. The molecule has 1 aromatic carbocycles. The van der Waals surface area contributed by atoms with Gasteiger partial charge in [0.1, 0.15) is 17.6 Å². The summed E-state index contributed by atoms with van der Waals surface area (Å²) in [6.45, 7) is 0. The molecule has 2 rings (SSSR count). The highest BCUT2D eigenvalue weighted by Gasteiger charge is 2.17. The van der Waals surface area contributed by atoms with Crippen molar-refractivity contribution in [1.82, 2.24) is 10.2 Å². The van der Waals surface area contributed by atoms with Crippen LogP contribution in [0.5, 0.6) is 11.5 Å². The van der Waals surface area contributed by atoms with E-state index in [9.17, 15) is 5.11 Å². The molecule has 1 unspecified atom stereocenters. The summed E-state index contributed by atoms with van der Waals surface area (Å²) in [5.41, 5.74) is 1.24. The minimum atomic E-state index is -0.817. The number of hydrogen-bond donors (Lipinski definition) is 2. The fraction of sp³-hybridized carbons (Fsp3) is 0.250. The van der Waals surface area contributed by atoms with Crippen LogP contribution in [0.2, 0.25) is 0 Å². The largest absolute Gasteiger partial charge is 0.497 e. The second-order valence-corrected chi connectivity index (χ2v) is 3.52. The highest BCUT2D eigenvalue weighted by molar-refractivity contribution is 5.43. The van der Waals surface area contributed by atoms with Crippen LogP contribution >= 0.6 is 0 Å². The van der Waals surface area contributed by atoms with E-state index < -0.39 is 6.10 Å². The zero-order valence-electron chi connectivity index (χ0n) is 9.68. The molecule has 0 aliphatic heterocycles. The lowest BCUT2D eigenvalue weighted by Gasteiger charge is -2.14. The molecule has 1 heterocycles. The Balaban J connectivity index is 2.41. The van der Waals surface area contributed by atoms with Crippen molar-refractivity contribution in [3.8, 4) is 11.5 Å². The Morgan fingerprint density at radius 1 is 1.24 bits per heavy atom. The third-order valence-corrected chi connectivity index (χ3v) is 2.55. The molecular weight excluding hydrogens is 220 g/mol. The van der Waals surface area contributed by atoms with Crippen LogP contribution in [0.1, 0.15) is 17.4 Å². The van der Waals surface area contributed by atoms with Gasteiger partial charge in [-0.1, -0.05) is 0 Å². The van der Waals surface area contributed by atoms with Gasteiger partial charge in [-0.25, -0.2) is 0 Å². The lowest BCUT2D eigenvalue weighted by atomic mass is 10.1. The number of ether oxygens (including phenoxy) is 2. The summed E-state index contributed by atoms with van der Waals surface area (Å²) in [5.74, 6) is 1.27. The Bertz CT molecular complexity index is 483. The van der Waals surface area contributed by atoms with Crippen molar-refractivity contribution in [2.45, 2.75) is 6.10 Å². The third kappa shape index (κ3) is 2.24.